The maximum absolute atomic E-state index is 12.9. The number of anilines is 1. The number of para-hydroxylation sites is 1. The average Bonchev–Trinajstić information content (AvgIpc) is 2.91. The van der Waals surface area contributed by atoms with Gasteiger partial charge >= 0.3 is 5.97 Å². The van der Waals surface area contributed by atoms with Gasteiger partial charge in [-0.1, -0.05) is 24.3 Å². The zero-order valence-electron chi connectivity index (χ0n) is 15.4. The summed E-state index contributed by atoms with van der Waals surface area (Å²) < 4.78 is 2.84. The van der Waals surface area contributed by atoms with Crippen LogP contribution in [-0.2, 0) is 7.05 Å². The molecular formula is C19H16N4O6. The molecule has 1 amide bonds. The highest BCUT2D eigenvalue weighted by molar-refractivity contribution is 6.13. The van der Waals surface area contributed by atoms with E-state index in [0.717, 1.165) is 12.1 Å². The lowest BCUT2D eigenvalue weighted by Gasteiger charge is -2.08. The molecule has 148 valence electrons. The molecule has 10 nitrogen and oxygen atoms in total. The van der Waals surface area contributed by atoms with Crippen molar-refractivity contribution in [2.24, 2.45) is 7.05 Å². The molecule has 3 aromatic rings. The minimum Gasteiger partial charge on any atom is -0.478 e. The molecule has 2 aromatic carbocycles. The van der Waals surface area contributed by atoms with E-state index in [2.05, 4.69) is 5.32 Å². The Bertz CT molecular complexity index is 1160. The first-order valence-corrected chi connectivity index (χ1v) is 8.40. The number of benzene rings is 2. The zero-order valence-corrected chi connectivity index (χ0v) is 15.4. The van der Waals surface area contributed by atoms with Gasteiger partial charge in [0.2, 0.25) is 0 Å². The van der Waals surface area contributed by atoms with Crippen LogP contribution in [0.3, 0.4) is 0 Å². The summed E-state index contributed by atoms with van der Waals surface area (Å²) >= 11 is 0. The monoisotopic (exact) mass is 396 g/mol. The Kier molecular flexibility index (Phi) is 5.01. The van der Waals surface area contributed by atoms with Crippen molar-refractivity contribution >= 4 is 23.3 Å². The number of carboxylic acid groups (broad SMARTS) is 1. The van der Waals surface area contributed by atoms with Crippen molar-refractivity contribution in [1.82, 2.24) is 9.36 Å². The van der Waals surface area contributed by atoms with Crippen LogP contribution < -0.4 is 10.9 Å². The Morgan fingerprint density at radius 3 is 2.34 bits per heavy atom. The number of nitro groups is 1. The molecule has 0 aliphatic carbocycles. The Balaban J connectivity index is 2.12. The van der Waals surface area contributed by atoms with Gasteiger partial charge in [0.25, 0.3) is 17.2 Å². The maximum Gasteiger partial charge on any atom is 0.336 e. The smallest absolute Gasteiger partial charge is 0.336 e. The molecule has 0 fully saturated rings. The molecule has 0 atom stereocenters. The van der Waals surface area contributed by atoms with Crippen molar-refractivity contribution < 1.29 is 19.6 Å². The van der Waals surface area contributed by atoms with E-state index in [1.54, 1.807) is 44.3 Å². The molecule has 0 unspecified atom stereocenters. The van der Waals surface area contributed by atoms with Crippen LogP contribution in [0.25, 0.3) is 5.69 Å². The Morgan fingerprint density at radius 2 is 1.76 bits per heavy atom. The highest BCUT2D eigenvalue weighted by Gasteiger charge is 2.29. The second-order valence-electron chi connectivity index (χ2n) is 6.15. The van der Waals surface area contributed by atoms with Crippen LogP contribution in [0.2, 0.25) is 0 Å². The van der Waals surface area contributed by atoms with E-state index in [-0.39, 0.29) is 5.69 Å². The van der Waals surface area contributed by atoms with Gasteiger partial charge in [0.1, 0.15) is 11.3 Å². The molecule has 3 rings (SSSR count). The molecule has 0 bridgehead atoms. The van der Waals surface area contributed by atoms with E-state index >= 15 is 0 Å². The standard InChI is InChI=1S/C19H16N4O6/c1-11-16(18(25)22(21(11)2)12-7-4-3-5-8-12)20-17(24)15-13(19(26)27)9-6-10-14(15)23(28)29/h3-10H,1-2H3,(H,20,24)(H,26,27). The highest BCUT2D eigenvalue weighted by Crippen LogP contribution is 2.24. The third kappa shape index (κ3) is 3.38. The van der Waals surface area contributed by atoms with Crippen molar-refractivity contribution in [3.8, 4) is 5.69 Å². The minimum atomic E-state index is -1.50. The number of hydrogen-bond donors (Lipinski definition) is 2. The highest BCUT2D eigenvalue weighted by atomic mass is 16.6. The van der Waals surface area contributed by atoms with E-state index in [1.165, 1.54) is 15.4 Å². The third-order valence-corrected chi connectivity index (χ3v) is 4.49. The molecule has 0 spiro atoms. The van der Waals surface area contributed by atoms with Crippen molar-refractivity contribution in [3.63, 3.8) is 0 Å². The van der Waals surface area contributed by atoms with Gasteiger partial charge < -0.3 is 10.4 Å². The van der Waals surface area contributed by atoms with Crippen LogP contribution in [0, 0.1) is 17.0 Å². The normalized spacial score (nSPS) is 10.6. The number of hydrogen-bond acceptors (Lipinski definition) is 5. The fourth-order valence-corrected chi connectivity index (χ4v) is 3.00. The van der Waals surface area contributed by atoms with Gasteiger partial charge in [0, 0.05) is 13.1 Å². The lowest BCUT2D eigenvalue weighted by molar-refractivity contribution is -0.385. The molecular weight excluding hydrogens is 380 g/mol. The third-order valence-electron chi connectivity index (χ3n) is 4.49. The largest absolute Gasteiger partial charge is 0.478 e. The second-order valence-corrected chi connectivity index (χ2v) is 6.15. The van der Waals surface area contributed by atoms with Crippen LogP contribution in [0.1, 0.15) is 26.4 Å². The first-order chi connectivity index (χ1) is 13.7. The topological polar surface area (TPSA) is 136 Å². The van der Waals surface area contributed by atoms with E-state index in [4.69, 9.17) is 0 Å². The number of carbonyl (C=O) groups excluding carboxylic acids is 1. The van der Waals surface area contributed by atoms with Crippen LogP contribution in [0.4, 0.5) is 11.4 Å². The van der Waals surface area contributed by atoms with Crippen LogP contribution in [-0.4, -0.2) is 31.3 Å². The fourth-order valence-electron chi connectivity index (χ4n) is 3.00. The summed E-state index contributed by atoms with van der Waals surface area (Å²) in [5, 5.41) is 23.0. The van der Waals surface area contributed by atoms with Crippen molar-refractivity contribution in [2.45, 2.75) is 6.92 Å². The number of rotatable bonds is 5. The summed E-state index contributed by atoms with van der Waals surface area (Å²) in [6.07, 6.45) is 0. The van der Waals surface area contributed by atoms with Gasteiger partial charge in [-0.05, 0) is 25.1 Å². The molecule has 0 radical (unpaired) electrons. The summed E-state index contributed by atoms with van der Waals surface area (Å²) in [5.41, 5.74) is -1.54. The minimum absolute atomic E-state index is 0.101. The summed E-state index contributed by atoms with van der Waals surface area (Å²) in [6.45, 7) is 1.59. The van der Waals surface area contributed by atoms with Gasteiger partial charge in [-0.3, -0.25) is 24.4 Å². The second kappa shape index (κ2) is 7.43. The van der Waals surface area contributed by atoms with E-state index in [1.807, 2.05) is 0 Å². The number of carboxylic acids is 1. The molecule has 1 heterocycles. The number of aromatic carboxylic acids is 1. The Labute approximate surface area is 163 Å². The Morgan fingerprint density at radius 1 is 1.10 bits per heavy atom. The number of carbonyl (C=O) groups is 2. The fraction of sp³-hybridized carbons (Fsp3) is 0.105. The summed E-state index contributed by atoms with van der Waals surface area (Å²) in [4.78, 5) is 47.6. The molecule has 0 saturated carbocycles. The zero-order chi connectivity index (χ0) is 21.3. The quantitative estimate of drug-likeness (QED) is 0.502. The molecule has 2 N–H and O–H groups in total. The number of nitrogens with one attached hydrogen (secondary N) is 1. The van der Waals surface area contributed by atoms with E-state index in [9.17, 15) is 29.6 Å². The average molecular weight is 396 g/mol. The molecule has 29 heavy (non-hydrogen) atoms. The first kappa shape index (κ1) is 19.5. The van der Waals surface area contributed by atoms with Crippen molar-refractivity contribution in [3.05, 3.63) is 85.8 Å². The predicted octanol–water partition coefficient (Wildman–Crippen LogP) is 2.34. The summed E-state index contributed by atoms with van der Waals surface area (Å²) in [5.74, 6) is -2.55. The molecule has 0 saturated heterocycles. The van der Waals surface area contributed by atoms with E-state index in [0.29, 0.717) is 11.4 Å². The van der Waals surface area contributed by atoms with Gasteiger partial charge in [-0.15, -0.1) is 0 Å². The SMILES string of the molecule is Cc1c(NC(=O)c2c(C(=O)O)cccc2[N+](=O)[O-])c(=O)n(-c2ccccc2)n1C. The first-order valence-electron chi connectivity index (χ1n) is 8.40. The lowest BCUT2D eigenvalue weighted by atomic mass is 10.0. The number of nitrogens with zero attached hydrogens (tertiary/aromatic N) is 3. The summed E-state index contributed by atoms with van der Waals surface area (Å²) in [6, 6.07) is 12.0. The van der Waals surface area contributed by atoms with Crippen molar-refractivity contribution in [2.75, 3.05) is 5.32 Å². The van der Waals surface area contributed by atoms with Gasteiger partial charge in [-0.2, -0.15) is 0 Å². The number of nitro benzene ring substituents is 1. The predicted molar refractivity (Wildman–Crippen MR) is 104 cm³/mol. The van der Waals surface area contributed by atoms with Gasteiger partial charge in [0.15, 0.2) is 0 Å². The molecule has 10 heteroatoms. The van der Waals surface area contributed by atoms with Gasteiger partial charge in [0.05, 0.1) is 21.9 Å². The van der Waals surface area contributed by atoms with Crippen LogP contribution in [0.15, 0.2) is 53.3 Å². The molecule has 0 aliphatic heterocycles. The van der Waals surface area contributed by atoms with E-state index < -0.39 is 39.2 Å². The number of aromatic nitrogens is 2. The van der Waals surface area contributed by atoms with Crippen LogP contribution >= 0.6 is 0 Å². The van der Waals surface area contributed by atoms with Crippen molar-refractivity contribution in [1.29, 1.82) is 0 Å². The van der Waals surface area contributed by atoms with Crippen LogP contribution in [0.5, 0.6) is 0 Å². The summed E-state index contributed by atoms with van der Waals surface area (Å²) in [7, 11) is 1.62. The number of amides is 1. The lowest BCUT2D eigenvalue weighted by Crippen LogP contribution is -2.24. The molecule has 1 aromatic heterocycles. The molecule has 0 aliphatic rings. The van der Waals surface area contributed by atoms with Gasteiger partial charge in [-0.25, -0.2) is 9.48 Å². The Hall–Kier alpha value is -4.21. The maximum atomic E-state index is 12.9.